The van der Waals surface area contributed by atoms with Crippen LogP contribution < -0.4 is 11.1 Å². The molecule has 2 heteroatoms. The maximum absolute atomic E-state index is 5.45. The van der Waals surface area contributed by atoms with Gasteiger partial charge in [-0.3, -0.25) is 0 Å². The molecule has 0 saturated heterocycles. The van der Waals surface area contributed by atoms with Gasteiger partial charge in [0.25, 0.3) is 0 Å². The predicted octanol–water partition coefficient (Wildman–Crippen LogP) is 3.35. The molecule has 0 amide bonds. The minimum atomic E-state index is 0.610. The molecule has 0 bridgehead atoms. The first-order valence-corrected chi connectivity index (χ1v) is 6.28. The first-order valence-electron chi connectivity index (χ1n) is 6.28. The Morgan fingerprint density at radius 1 is 1.06 bits per heavy atom. The Kier molecular flexibility index (Phi) is 5.94. The first kappa shape index (κ1) is 13.0. The third-order valence-corrected chi connectivity index (χ3v) is 2.79. The lowest BCUT2D eigenvalue weighted by Crippen LogP contribution is -2.03. The third-order valence-electron chi connectivity index (χ3n) is 2.79. The zero-order chi connectivity index (χ0) is 11.8. The van der Waals surface area contributed by atoms with E-state index in [1.807, 2.05) is 0 Å². The van der Waals surface area contributed by atoms with Gasteiger partial charge in [-0.25, -0.2) is 0 Å². The average molecular weight is 220 g/mol. The van der Waals surface area contributed by atoms with Crippen molar-refractivity contribution in [3.63, 3.8) is 0 Å². The van der Waals surface area contributed by atoms with E-state index in [4.69, 9.17) is 5.73 Å². The van der Waals surface area contributed by atoms with Crippen LogP contribution in [0.1, 0.15) is 44.6 Å². The minimum Gasteiger partial charge on any atom is -0.385 e. The van der Waals surface area contributed by atoms with Gasteiger partial charge in [-0.2, -0.15) is 0 Å². The zero-order valence-electron chi connectivity index (χ0n) is 10.5. The molecule has 0 fully saturated rings. The molecule has 0 aliphatic heterocycles. The van der Waals surface area contributed by atoms with Crippen molar-refractivity contribution in [1.82, 2.24) is 0 Å². The van der Waals surface area contributed by atoms with Crippen molar-refractivity contribution in [1.29, 1.82) is 0 Å². The Morgan fingerprint density at radius 3 is 2.31 bits per heavy atom. The maximum Gasteiger partial charge on any atom is 0.0340 e. The second-order valence-corrected chi connectivity index (χ2v) is 4.55. The SMILES string of the molecule is CC(C)c1ccc(NCCCCCN)cc1. The van der Waals surface area contributed by atoms with E-state index < -0.39 is 0 Å². The summed E-state index contributed by atoms with van der Waals surface area (Å²) < 4.78 is 0. The summed E-state index contributed by atoms with van der Waals surface area (Å²) in [5.41, 5.74) is 8.06. The summed E-state index contributed by atoms with van der Waals surface area (Å²) in [6.45, 7) is 6.29. The molecule has 0 atom stereocenters. The lowest BCUT2D eigenvalue weighted by molar-refractivity contribution is 0.707. The van der Waals surface area contributed by atoms with Crippen LogP contribution in [0.2, 0.25) is 0 Å². The molecule has 0 aliphatic carbocycles. The molecule has 0 unspecified atom stereocenters. The van der Waals surface area contributed by atoms with Gasteiger partial charge in [0.15, 0.2) is 0 Å². The Balaban J connectivity index is 2.27. The molecule has 0 saturated carbocycles. The standard InChI is InChI=1S/C14H24N2/c1-12(2)13-6-8-14(9-7-13)16-11-5-3-4-10-15/h6-9,12,16H,3-5,10-11,15H2,1-2H3. The van der Waals surface area contributed by atoms with Gasteiger partial charge < -0.3 is 11.1 Å². The van der Waals surface area contributed by atoms with Crippen LogP contribution in [-0.2, 0) is 0 Å². The molecule has 90 valence electrons. The summed E-state index contributed by atoms with van der Waals surface area (Å²) >= 11 is 0. The molecule has 3 N–H and O–H groups in total. The highest BCUT2D eigenvalue weighted by atomic mass is 14.9. The van der Waals surface area contributed by atoms with Gasteiger partial charge >= 0.3 is 0 Å². The molecule has 0 aromatic heterocycles. The van der Waals surface area contributed by atoms with Crippen molar-refractivity contribution in [2.75, 3.05) is 18.4 Å². The van der Waals surface area contributed by atoms with Crippen LogP contribution in [0.25, 0.3) is 0 Å². The largest absolute Gasteiger partial charge is 0.385 e. The van der Waals surface area contributed by atoms with E-state index in [0.717, 1.165) is 19.5 Å². The van der Waals surface area contributed by atoms with Crippen molar-refractivity contribution in [2.24, 2.45) is 5.73 Å². The Labute approximate surface area is 99.2 Å². The Bertz CT molecular complexity index is 277. The fourth-order valence-electron chi connectivity index (χ4n) is 1.66. The molecule has 0 aliphatic rings. The van der Waals surface area contributed by atoms with Crippen molar-refractivity contribution in [3.05, 3.63) is 29.8 Å². The smallest absolute Gasteiger partial charge is 0.0340 e. The van der Waals surface area contributed by atoms with Gasteiger partial charge in [0.2, 0.25) is 0 Å². The van der Waals surface area contributed by atoms with E-state index in [1.165, 1.54) is 24.1 Å². The topological polar surface area (TPSA) is 38.0 Å². The van der Waals surface area contributed by atoms with Gasteiger partial charge in [-0.15, -0.1) is 0 Å². The number of anilines is 1. The summed E-state index contributed by atoms with van der Waals surface area (Å²) in [7, 11) is 0. The van der Waals surface area contributed by atoms with Gasteiger partial charge in [0.05, 0.1) is 0 Å². The fraction of sp³-hybridized carbons (Fsp3) is 0.571. The summed E-state index contributed by atoms with van der Waals surface area (Å²) in [6, 6.07) is 8.73. The lowest BCUT2D eigenvalue weighted by Gasteiger charge is -2.09. The maximum atomic E-state index is 5.45. The second kappa shape index (κ2) is 7.29. The normalized spacial score (nSPS) is 10.8. The van der Waals surface area contributed by atoms with Crippen molar-refractivity contribution in [2.45, 2.75) is 39.0 Å². The molecule has 1 aromatic rings. The molecular weight excluding hydrogens is 196 g/mol. The summed E-state index contributed by atoms with van der Waals surface area (Å²) in [5.74, 6) is 0.610. The summed E-state index contributed by atoms with van der Waals surface area (Å²) in [4.78, 5) is 0. The number of hydrogen-bond donors (Lipinski definition) is 2. The molecule has 1 rings (SSSR count). The Hall–Kier alpha value is -1.02. The van der Waals surface area contributed by atoms with Gasteiger partial charge in [-0.1, -0.05) is 32.4 Å². The molecular formula is C14H24N2. The number of nitrogens with two attached hydrogens (primary N) is 1. The Morgan fingerprint density at radius 2 is 1.75 bits per heavy atom. The van der Waals surface area contributed by atoms with Gasteiger partial charge in [0.1, 0.15) is 0 Å². The van der Waals surface area contributed by atoms with E-state index >= 15 is 0 Å². The predicted molar refractivity (Wildman–Crippen MR) is 71.9 cm³/mol. The number of nitrogens with one attached hydrogen (secondary N) is 1. The van der Waals surface area contributed by atoms with Crippen LogP contribution in [0.5, 0.6) is 0 Å². The third kappa shape index (κ3) is 4.67. The van der Waals surface area contributed by atoms with Gasteiger partial charge in [0, 0.05) is 12.2 Å². The van der Waals surface area contributed by atoms with Crippen molar-refractivity contribution in [3.8, 4) is 0 Å². The van der Waals surface area contributed by atoms with Crippen LogP contribution in [0.15, 0.2) is 24.3 Å². The van der Waals surface area contributed by atoms with Crippen LogP contribution in [0, 0.1) is 0 Å². The highest BCUT2D eigenvalue weighted by Gasteiger charge is 1.98. The number of rotatable bonds is 7. The van der Waals surface area contributed by atoms with E-state index in [-0.39, 0.29) is 0 Å². The average Bonchev–Trinajstić information content (AvgIpc) is 2.29. The summed E-state index contributed by atoms with van der Waals surface area (Å²) in [5, 5.41) is 3.43. The number of hydrogen-bond acceptors (Lipinski definition) is 2. The molecule has 16 heavy (non-hydrogen) atoms. The van der Waals surface area contributed by atoms with E-state index in [2.05, 4.69) is 43.4 Å². The molecule has 0 heterocycles. The minimum absolute atomic E-state index is 0.610. The van der Waals surface area contributed by atoms with E-state index in [9.17, 15) is 0 Å². The van der Waals surface area contributed by atoms with Crippen LogP contribution in [0.4, 0.5) is 5.69 Å². The lowest BCUT2D eigenvalue weighted by atomic mass is 10.0. The van der Waals surface area contributed by atoms with Crippen LogP contribution in [0.3, 0.4) is 0 Å². The van der Waals surface area contributed by atoms with Crippen molar-refractivity contribution < 1.29 is 0 Å². The van der Waals surface area contributed by atoms with Gasteiger partial charge in [-0.05, 0) is 43.0 Å². The number of unbranched alkanes of at least 4 members (excludes halogenated alkanes) is 2. The quantitative estimate of drug-likeness (QED) is 0.692. The van der Waals surface area contributed by atoms with Crippen LogP contribution in [-0.4, -0.2) is 13.1 Å². The highest BCUT2D eigenvalue weighted by Crippen LogP contribution is 2.17. The first-order chi connectivity index (χ1) is 7.74. The van der Waals surface area contributed by atoms with Crippen molar-refractivity contribution >= 4 is 5.69 Å². The monoisotopic (exact) mass is 220 g/mol. The van der Waals surface area contributed by atoms with E-state index in [0.29, 0.717) is 5.92 Å². The van der Waals surface area contributed by atoms with Crippen LogP contribution >= 0.6 is 0 Å². The fourth-order valence-corrected chi connectivity index (χ4v) is 1.66. The molecule has 1 aromatic carbocycles. The highest BCUT2D eigenvalue weighted by molar-refractivity contribution is 5.44. The second-order valence-electron chi connectivity index (χ2n) is 4.55. The number of benzene rings is 1. The van der Waals surface area contributed by atoms with E-state index in [1.54, 1.807) is 0 Å². The molecule has 0 spiro atoms. The molecule has 2 nitrogen and oxygen atoms in total. The summed E-state index contributed by atoms with van der Waals surface area (Å²) in [6.07, 6.45) is 3.55. The molecule has 0 radical (unpaired) electrons. The zero-order valence-corrected chi connectivity index (χ0v) is 10.5.